The number of alkyl halides is 3. The van der Waals surface area contributed by atoms with Gasteiger partial charge in [-0.15, -0.1) is 0 Å². The molecule has 30 heavy (non-hydrogen) atoms. The van der Waals surface area contributed by atoms with Crippen molar-refractivity contribution in [3.05, 3.63) is 71.9 Å². The first kappa shape index (κ1) is 19.8. The SMILES string of the molecule is N[C@@H](CNc1cc(-c2ccc3c(C(F)(F)F)noc3c2)ncn1)c1ccc(F)cc1. The van der Waals surface area contributed by atoms with E-state index >= 15 is 0 Å². The molecule has 0 fully saturated rings. The average Bonchev–Trinajstić information content (AvgIpc) is 3.16. The fraction of sp³-hybridized carbons (Fsp3) is 0.150. The second-order valence-electron chi connectivity index (χ2n) is 6.57. The van der Waals surface area contributed by atoms with Crippen molar-refractivity contribution in [3.8, 4) is 11.3 Å². The third-order valence-corrected chi connectivity index (χ3v) is 4.50. The minimum absolute atomic E-state index is 0.00581. The standard InChI is InChI=1S/C20H15F4N5O/c21-13-4-1-11(2-5-13)15(25)9-26-18-8-16(27-10-28-18)12-3-6-14-17(7-12)30-29-19(14)20(22,23)24/h1-8,10,15H,9,25H2,(H,26,27,28)/t15-/m0/s1. The number of anilines is 1. The lowest BCUT2D eigenvalue weighted by molar-refractivity contribution is -0.141. The van der Waals surface area contributed by atoms with Crippen molar-refractivity contribution in [2.24, 2.45) is 5.73 Å². The van der Waals surface area contributed by atoms with Crippen LogP contribution in [-0.4, -0.2) is 21.7 Å². The summed E-state index contributed by atoms with van der Waals surface area (Å²) in [6, 6.07) is 11.4. The molecule has 0 aliphatic heterocycles. The second kappa shape index (κ2) is 7.71. The highest BCUT2D eigenvalue weighted by Gasteiger charge is 2.37. The van der Waals surface area contributed by atoms with E-state index in [1.54, 1.807) is 18.2 Å². The number of fused-ring (bicyclic) bond motifs is 1. The highest BCUT2D eigenvalue weighted by molar-refractivity contribution is 5.84. The van der Waals surface area contributed by atoms with E-state index in [1.165, 1.54) is 36.7 Å². The van der Waals surface area contributed by atoms with Crippen LogP contribution in [0.1, 0.15) is 17.3 Å². The number of halogens is 4. The molecule has 154 valence electrons. The average molecular weight is 417 g/mol. The fourth-order valence-corrected chi connectivity index (χ4v) is 2.96. The van der Waals surface area contributed by atoms with Crippen LogP contribution in [0.3, 0.4) is 0 Å². The molecule has 2 aromatic carbocycles. The highest BCUT2D eigenvalue weighted by Crippen LogP contribution is 2.35. The molecule has 0 unspecified atom stereocenters. The van der Waals surface area contributed by atoms with E-state index in [2.05, 4.69) is 20.4 Å². The molecule has 0 amide bonds. The van der Waals surface area contributed by atoms with Crippen LogP contribution in [-0.2, 0) is 6.18 Å². The Bertz CT molecular complexity index is 1170. The molecule has 1 atom stereocenters. The van der Waals surface area contributed by atoms with Crippen LogP contribution in [0, 0.1) is 5.82 Å². The molecule has 2 aromatic heterocycles. The van der Waals surface area contributed by atoms with E-state index in [9.17, 15) is 17.6 Å². The van der Waals surface area contributed by atoms with Crippen LogP contribution in [0.25, 0.3) is 22.2 Å². The minimum Gasteiger partial charge on any atom is -0.368 e. The van der Waals surface area contributed by atoms with Crippen molar-refractivity contribution in [2.45, 2.75) is 12.2 Å². The summed E-state index contributed by atoms with van der Waals surface area (Å²) in [6.45, 7) is 0.332. The first-order chi connectivity index (χ1) is 14.3. The molecule has 6 nitrogen and oxygen atoms in total. The maximum atomic E-state index is 13.0. The third kappa shape index (κ3) is 4.08. The number of aromatic nitrogens is 3. The molecular formula is C20H15F4N5O. The molecule has 3 N–H and O–H groups in total. The lowest BCUT2D eigenvalue weighted by Crippen LogP contribution is -2.21. The molecule has 0 aliphatic carbocycles. The largest absolute Gasteiger partial charge is 0.437 e. The number of benzene rings is 2. The van der Waals surface area contributed by atoms with Crippen molar-refractivity contribution in [2.75, 3.05) is 11.9 Å². The van der Waals surface area contributed by atoms with Crippen molar-refractivity contribution in [3.63, 3.8) is 0 Å². The van der Waals surface area contributed by atoms with Crippen LogP contribution < -0.4 is 11.1 Å². The summed E-state index contributed by atoms with van der Waals surface area (Å²) in [7, 11) is 0. The summed E-state index contributed by atoms with van der Waals surface area (Å²) in [5.41, 5.74) is 6.82. The van der Waals surface area contributed by atoms with Crippen LogP contribution in [0.2, 0.25) is 0 Å². The summed E-state index contributed by atoms with van der Waals surface area (Å²) in [5.74, 6) is 0.136. The summed E-state index contributed by atoms with van der Waals surface area (Å²) < 4.78 is 56.7. The molecule has 10 heteroatoms. The number of hydrogen-bond donors (Lipinski definition) is 2. The van der Waals surface area contributed by atoms with Crippen LogP contribution in [0.15, 0.2) is 59.4 Å². The Morgan fingerprint density at radius 3 is 2.53 bits per heavy atom. The molecule has 0 saturated heterocycles. The first-order valence-corrected chi connectivity index (χ1v) is 8.85. The smallest absolute Gasteiger partial charge is 0.368 e. The van der Waals surface area contributed by atoms with E-state index in [0.717, 1.165) is 5.56 Å². The Morgan fingerprint density at radius 2 is 1.80 bits per heavy atom. The lowest BCUT2D eigenvalue weighted by Gasteiger charge is -2.14. The number of rotatable bonds is 5. The van der Waals surface area contributed by atoms with E-state index < -0.39 is 17.9 Å². The molecular weight excluding hydrogens is 402 g/mol. The van der Waals surface area contributed by atoms with Gasteiger partial charge in [0.1, 0.15) is 18.0 Å². The van der Waals surface area contributed by atoms with Gasteiger partial charge in [0.25, 0.3) is 0 Å². The zero-order chi connectivity index (χ0) is 21.3. The highest BCUT2D eigenvalue weighted by atomic mass is 19.4. The predicted molar refractivity (Wildman–Crippen MR) is 102 cm³/mol. The molecule has 0 spiro atoms. The summed E-state index contributed by atoms with van der Waals surface area (Å²) in [6.07, 6.45) is -3.27. The van der Waals surface area contributed by atoms with Gasteiger partial charge in [-0.05, 0) is 29.8 Å². The Balaban J connectivity index is 1.52. The normalized spacial score (nSPS) is 12.8. The van der Waals surface area contributed by atoms with Gasteiger partial charge in [-0.2, -0.15) is 13.2 Å². The van der Waals surface area contributed by atoms with Crippen LogP contribution in [0.4, 0.5) is 23.4 Å². The van der Waals surface area contributed by atoms with E-state index in [1.807, 2.05) is 0 Å². The molecule has 0 aliphatic rings. The van der Waals surface area contributed by atoms with Gasteiger partial charge in [-0.25, -0.2) is 14.4 Å². The monoisotopic (exact) mass is 417 g/mol. The molecule has 0 radical (unpaired) electrons. The fourth-order valence-electron chi connectivity index (χ4n) is 2.96. The van der Waals surface area contributed by atoms with Crippen molar-refractivity contribution in [1.29, 1.82) is 0 Å². The Morgan fingerprint density at radius 1 is 1.03 bits per heavy atom. The molecule has 4 rings (SSSR count). The Hall–Kier alpha value is -3.53. The second-order valence-corrected chi connectivity index (χ2v) is 6.57. The van der Waals surface area contributed by atoms with Crippen molar-refractivity contribution < 1.29 is 22.1 Å². The molecule has 2 heterocycles. The van der Waals surface area contributed by atoms with Gasteiger partial charge >= 0.3 is 6.18 Å². The first-order valence-electron chi connectivity index (χ1n) is 8.85. The zero-order valence-electron chi connectivity index (χ0n) is 15.3. The van der Waals surface area contributed by atoms with Crippen molar-refractivity contribution >= 4 is 16.8 Å². The van der Waals surface area contributed by atoms with E-state index in [0.29, 0.717) is 23.6 Å². The van der Waals surface area contributed by atoms with Gasteiger partial charge in [0.05, 0.1) is 11.1 Å². The summed E-state index contributed by atoms with van der Waals surface area (Å²) >= 11 is 0. The van der Waals surface area contributed by atoms with Gasteiger partial charge in [0.2, 0.25) is 0 Å². The molecule has 0 saturated carbocycles. The minimum atomic E-state index is -4.60. The molecule has 4 aromatic rings. The topological polar surface area (TPSA) is 89.9 Å². The van der Waals surface area contributed by atoms with Crippen molar-refractivity contribution in [1.82, 2.24) is 15.1 Å². The maximum Gasteiger partial charge on any atom is 0.437 e. The van der Waals surface area contributed by atoms with Gasteiger partial charge in [-0.1, -0.05) is 23.4 Å². The van der Waals surface area contributed by atoms with E-state index in [4.69, 9.17) is 10.3 Å². The Labute approximate surface area is 167 Å². The number of nitrogens with one attached hydrogen (secondary N) is 1. The predicted octanol–water partition coefficient (Wildman–Crippen LogP) is 4.55. The third-order valence-electron chi connectivity index (χ3n) is 4.50. The summed E-state index contributed by atoms with van der Waals surface area (Å²) in [4.78, 5) is 8.28. The number of nitrogens with two attached hydrogens (primary N) is 1. The Kier molecular flexibility index (Phi) is 5.08. The van der Waals surface area contributed by atoms with Crippen LogP contribution >= 0.6 is 0 Å². The molecule has 0 bridgehead atoms. The zero-order valence-corrected chi connectivity index (χ0v) is 15.3. The quantitative estimate of drug-likeness (QED) is 0.463. The van der Waals surface area contributed by atoms with Crippen LogP contribution in [0.5, 0.6) is 0 Å². The number of nitrogens with zero attached hydrogens (tertiary/aromatic N) is 3. The number of hydrogen-bond acceptors (Lipinski definition) is 6. The maximum absolute atomic E-state index is 13.0. The lowest BCUT2D eigenvalue weighted by atomic mass is 10.1. The van der Waals surface area contributed by atoms with Gasteiger partial charge in [0.15, 0.2) is 11.3 Å². The van der Waals surface area contributed by atoms with Gasteiger partial charge in [0, 0.05) is 24.2 Å². The van der Waals surface area contributed by atoms with Gasteiger partial charge < -0.3 is 15.6 Å². The van der Waals surface area contributed by atoms with Gasteiger partial charge in [-0.3, -0.25) is 0 Å². The summed E-state index contributed by atoms with van der Waals surface area (Å²) in [5, 5.41) is 6.07. The van der Waals surface area contributed by atoms with E-state index in [-0.39, 0.29) is 16.8 Å².